The van der Waals surface area contributed by atoms with E-state index in [9.17, 15) is 0 Å². The fourth-order valence-corrected chi connectivity index (χ4v) is 4.83. The van der Waals surface area contributed by atoms with Gasteiger partial charge in [0.25, 0.3) is 0 Å². The summed E-state index contributed by atoms with van der Waals surface area (Å²) in [7, 11) is 0. The van der Waals surface area contributed by atoms with Crippen LogP contribution in [0, 0.1) is 0 Å². The third kappa shape index (κ3) is 3.32. The van der Waals surface area contributed by atoms with Crippen LogP contribution in [0.4, 0.5) is 0 Å². The fourth-order valence-electron chi connectivity index (χ4n) is 4.83. The van der Waals surface area contributed by atoms with Crippen molar-refractivity contribution in [2.75, 3.05) is 0 Å². The van der Waals surface area contributed by atoms with Crippen LogP contribution in [0.25, 0.3) is 49.9 Å². The first-order valence-electron chi connectivity index (χ1n) is 11.5. The molecule has 4 aromatic carbocycles. The number of hydrogen-bond acceptors (Lipinski definition) is 1. The van der Waals surface area contributed by atoms with Gasteiger partial charge < -0.3 is 4.57 Å². The molecule has 0 N–H and O–H groups in total. The molecule has 0 radical (unpaired) electrons. The van der Waals surface area contributed by atoms with Crippen molar-refractivity contribution in [1.29, 1.82) is 0 Å². The Morgan fingerprint density at radius 1 is 0.636 bits per heavy atom. The van der Waals surface area contributed by atoms with Crippen LogP contribution in [-0.2, 0) is 6.42 Å². The Balaban J connectivity index is 1.61. The van der Waals surface area contributed by atoms with E-state index in [0.29, 0.717) is 0 Å². The molecule has 33 heavy (non-hydrogen) atoms. The second-order valence-corrected chi connectivity index (χ2v) is 8.36. The van der Waals surface area contributed by atoms with Crippen LogP contribution in [0.3, 0.4) is 0 Å². The lowest BCUT2D eigenvalue weighted by Gasteiger charge is -2.13. The molecule has 0 bridgehead atoms. The summed E-state index contributed by atoms with van der Waals surface area (Å²) in [6.07, 6.45) is 2.84. The molecule has 0 spiro atoms. The highest BCUT2D eigenvalue weighted by Gasteiger charge is 2.15. The molecule has 6 rings (SSSR count). The van der Waals surface area contributed by atoms with Gasteiger partial charge in [0, 0.05) is 28.2 Å². The second kappa shape index (κ2) is 8.07. The summed E-state index contributed by atoms with van der Waals surface area (Å²) in [5.74, 6) is 0. The minimum Gasteiger partial charge on any atom is -0.309 e. The summed E-state index contributed by atoms with van der Waals surface area (Å²) in [5.41, 5.74) is 9.59. The second-order valence-electron chi connectivity index (χ2n) is 8.36. The molecule has 0 fully saturated rings. The maximum atomic E-state index is 4.64. The summed E-state index contributed by atoms with van der Waals surface area (Å²) in [6.45, 7) is 2.20. The number of fused-ring (bicyclic) bond motifs is 3. The van der Waals surface area contributed by atoms with Crippen molar-refractivity contribution in [3.8, 4) is 28.1 Å². The monoisotopic (exact) mass is 424 g/mol. The molecule has 0 saturated heterocycles. The predicted octanol–water partition coefficient (Wildman–Crippen LogP) is 8.08. The van der Waals surface area contributed by atoms with Gasteiger partial charge in [-0.15, -0.1) is 0 Å². The van der Waals surface area contributed by atoms with Crippen molar-refractivity contribution < 1.29 is 0 Å². The quantitative estimate of drug-likeness (QED) is 0.280. The average molecular weight is 425 g/mol. The predicted molar refractivity (Wildman–Crippen MR) is 139 cm³/mol. The minimum absolute atomic E-state index is 0.972. The first-order chi connectivity index (χ1) is 16.3. The first-order valence-corrected chi connectivity index (χ1v) is 11.5. The van der Waals surface area contributed by atoms with Gasteiger partial charge in [0.05, 0.1) is 16.7 Å². The van der Waals surface area contributed by atoms with Crippen LogP contribution < -0.4 is 0 Å². The van der Waals surface area contributed by atoms with Crippen molar-refractivity contribution in [2.45, 2.75) is 13.3 Å². The van der Waals surface area contributed by atoms with Crippen molar-refractivity contribution in [1.82, 2.24) is 9.55 Å². The Hall–Kier alpha value is -4.17. The van der Waals surface area contributed by atoms with Crippen LogP contribution in [0.5, 0.6) is 0 Å². The van der Waals surface area contributed by atoms with Gasteiger partial charge in [-0.05, 0) is 65.6 Å². The lowest BCUT2D eigenvalue weighted by atomic mass is 10.0. The molecule has 0 aliphatic heterocycles. The highest BCUT2D eigenvalue weighted by atomic mass is 15.0. The number of pyridine rings is 1. The average Bonchev–Trinajstić information content (AvgIpc) is 3.23. The van der Waals surface area contributed by atoms with E-state index in [1.165, 1.54) is 44.1 Å². The van der Waals surface area contributed by atoms with Crippen molar-refractivity contribution in [2.24, 2.45) is 0 Å². The number of aromatic nitrogens is 2. The molecule has 2 heterocycles. The maximum Gasteiger partial charge on any atom is 0.0705 e. The van der Waals surface area contributed by atoms with Crippen molar-refractivity contribution in [3.63, 3.8) is 0 Å². The topological polar surface area (TPSA) is 17.8 Å². The lowest BCUT2D eigenvalue weighted by molar-refractivity contribution is 1.11. The van der Waals surface area contributed by atoms with Crippen molar-refractivity contribution in [3.05, 3.63) is 121 Å². The normalized spacial score (nSPS) is 11.3. The highest BCUT2D eigenvalue weighted by Crippen LogP contribution is 2.36. The van der Waals surface area contributed by atoms with Gasteiger partial charge in [0.15, 0.2) is 0 Å². The number of aryl methyl sites for hydroxylation is 1. The number of rotatable bonds is 4. The molecule has 2 heteroatoms. The van der Waals surface area contributed by atoms with Gasteiger partial charge in [-0.1, -0.05) is 73.7 Å². The number of para-hydroxylation sites is 1. The molecule has 0 unspecified atom stereocenters. The standard InChI is InChI=1S/C31H24N2/c1-2-22-15-17-25(21-27(22)29-13-8-9-19-32-29)33-30-14-7-6-12-26(30)28-20-24(16-18-31(28)33)23-10-4-3-5-11-23/h3-21H,2H2,1H3. The van der Waals surface area contributed by atoms with Crippen LogP contribution >= 0.6 is 0 Å². The van der Waals surface area contributed by atoms with E-state index >= 15 is 0 Å². The van der Waals surface area contributed by atoms with E-state index in [2.05, 4.69) is 120 Å². The molecule has 0 amide bonds. The fraction of sp³-hybridized carbons (Fsp3) is 0.0645. The van der Waals surface area contributed by atoms with E-state index in [4.69, 9.17) is 0 Å². The maximum absolute atomic E-state index is 4.64. The molecule has 2 aromatic heterocycles. The molecule has 0 atom stereocenters. The lowest BCUT2D eigenvalue weighted by Crippen LogP contribution is -1.97. The van der Waals surface area contributed by atoms with E-state index < -0.39 is 0 Å². The number of nitrogens with zero attached hydrogens (tertiary/aromatic N) is 2. The summed E-state index contributed by atoms with van der Waals surface area (Å²) < 4.78 is 2.38. The smallest absolute Gasteiger partial charge is 0.0705 e. The van der Waals surface area contributed by atoms with Crippen LogP contribution in [0.1, 0.15) is 12.5 Å². The summed E-state index contributed by atoms with van der Waals surface area (Å²) in [4.78, 5) is 4.64. The van der Waals surface area contributed by atoms with Crippen LogP contribution in [0.15, 0.2) is 115 Å². The molecule has 6 aromatic rings. The Kier molecular flexibility index (Phi) is 4.77. The van der Waals surface area contributed by atoms with Gasteiger partial charge >= 0.3 is 0 Å². The molecule has 2 nitrogen and oxygen atoms in total. The third-order valence-corrected chi connectivity index (χ3v) is 6.45. The molecule has 0 aliphatic rings. The molecule has 0 aliphatic carbocycles. The SMILES string of the molecule is CCc1ccc(-n2c3ccccc3c3cc(-c4ccccc4)ccc32)cc1-c1ccccn1. The first kappa shape index (κ1) is 19.5. The van der Waals surface area contributed by atoms with Gasteiger partial charge in [0.1, 0.15) is 0 Å². The Morgan fingerprint density at radius 3 is 2.24 bits per heavy atom. The van der Waals surface area contributed by atoms with Gasteiger partial charge in [0.2, 0.25) is 0 Å². The van der Waals surface area contributed by atoms with E-state index in [1.807, 2.05) is 12.3 Å². The Morgan fingerprint density at radius 2 is 1.42 bits per heavy atom. The zero-order valence-corrected chi connectivity index (χ0v) is 18.6. The van der Waals surface area contributed by atoms with Gasteiger partial charge in [-0.2, -0.15) is 0 Å². The molecular weight excluding hydrogens is 400 g/mol. The molecular formula is C31H24N2. The zero-order valence-electron chi connectivity index (χ0n) is 18.6. The summed E-state index contributed by atoms with van der Waals surface area (Å²) >= 11 is 0. The van der Waals surface area contributed by atoms with Crippen LogP contribution in [0.2, 0.25) is 0 Å². The van der Waals surface area contributed by atoms with Gasteiger partial charge in [-0.3, -0.25) is 4.98 Å². The molecule has 158 valence electrons. The highest BCUT2D eigenvalue weighted by molar-refractivity contribution is 6.10. The summed E-state index contributed by atoms with van der Waals surface area (Å²) in [6, 6.07) is 39.0. The third-order valence-electron chi connectivity index (χ3n) is 6.45. The minimum atomic E-state index is 0.972. The Labute approximate surface area is 193 Å². The largest absolute Gasteiger partial charge is 0.309 e. The van der Waals surface area contributed by atoms with Crippen molar-refractivity contribution >= 4 is 21.8 Å². The number of hydrogen-bond donors (Lipinski definition) is 0. The van der Waals surface area contributed by atoms with E-state index in [0.717, 1.165) is 17.8 Å². The number of benzene rings is 4. The molecule has 0 saturated carbocycles. The Bertz CT molecular complexity index is 1580. The van der Waals surface area contributed by atoms with Gasteiger partial charge in [-0.25, -0.2) is 0 Å². The van der Waals surface area contributed by atoms with E-state index in [-0.39, 0.29) is 0 Å². The van der Waals surface area contributed by atoms with E-state index in [1.54, 1.807) is 0 Å². The summed E-state index contributed by atoms with van der Waals surface area (Å²) in [5, 5.41) is 2.54. The zero-order chi connectivity index (χ0) is 22.2. The van der Waals surface area contributed by atoms with Crippen LogP contribution in [-0.4, -0.2) is 9.55 Å².